The Labute approximate surface area is 132 Å². The van der Waals surface area contributed by atoms with Gasteiger partial charge in [-0.05, 0) is 30.4 Å². The highest BCUT2D eigenvalue weighted by Crippen LogP contribution is 2.35. The van der Waals surface area contributed by atoms with E-state index in [1.807, 2.05) is 12.1 Å². The van der Waals surface area contributed by atoms with Crippen LogP contribution in [0.1, 0.15) is 43.7 Å². The van der Waals surface area contributed by atoms with Crippen molar-refractivity contribution in [3.05, 3.63) is 35.4 Å². The summed E-state index contributed by atoms with van der Waals surface area (Å²) in [4.78, 5) is 12.4. The first-order valence-corrected chi connectivity index (χ1v) is 8.34. The molecule has 3 rings (SSSR count). The second-order valence-corrected chi connectivity index (χ2v) is 7.04. The lowest BCUT2D eigenvalue weighted by molar-refractivity contribution is -0.124. The molecule has 1 aliphatic carbocycles. The summed E-state index contributed by atoms with van der Waals surface area (Å²) in [5, 5.41) is 16.6. The van der Waals surface area contributed by atoms with Crippen LogP contribution in [0.3, 0.4) is 0 Å². The van der Waals surface area contributed by atoms with Gasteiger partial charge in [0.25, 0.3) is 0 Å². The molecule has 1 fully saturated rings. The molecular weight excluding hydrogens is 276 g/mol. The summed E-state index contributed by atoms with van der Waals surface area (Å²) >= 11 is 0. The zero-order valence-electron chi connectivity index (χ0n) is 13.3. The fourth-order valence-electron chi connectivity index (χ4n) is 3.64. The minimum atomic E-state index is -0.304. The van der Waals surface area contributed by atoms with Gasteiger partial charge in [-0.15, -0.1) is 0 Å². The zero-order valence-corrected chi connectivity index (χ0v) is 13.3. The van der Waals surface area contributed by atoms with Gasteiger partial charge in [-0.2, -0.15) is 0 Å². The number of carbonyl (C=O) groups excluding carboxylic acids is 1. The fraction of sp³-hybridized carbons (Fsp3) is 0.611. The molecule has 1 aromatic rings. The lowest BCUT2D eigenvalue weighted by atomic mass is 9.73. The lowest BCUT2D eigenvalue weighted by Crippen LogP contribution is -2.52. The van der Waals surface area contributed by atoms with Crippen molar-refractivity contribution in [1.82, 2.24) is 10.6 Å². The molecule has 3 N–H and O–H groups in total. The fourth-order valence-corrected chi connectivity index (χ4v) is 3.64. The largest absolute Gasteiger partial charge is 0.392 e. The standard InChI is InChI=1S/C18H26N2O2/c1-18(9-5-4-8-16(18)21)12-20-17(22)15-10-13-6-2-3-7-14(13)11-19-15/h2-3,6-7,15-16,19,21H,4-5,8-12H2,1H3,(H,20,22). The van der Waals surface area contributed by atoms with E-state index in [-0.39, 0.29) is 23.5 Å². The molecule has 1 amide bonds. The number of fused-ring (bicyclic) bond motifs is 1. The molecule has 120 valence electrons. The van der Waals surface area contributed by atoms with E-state index in [1.165, 1.54) is 11.1 Å². The maximum absolute atomic E-state index is 12.4. The molecular formula is C18H26N2O2. The summed E-state index contributed by atoms with van der Waals surface area (Å²) in [6.45, 7) is 3.39. The van der Waals surface area contributed by atoms with E-state index in [2.05, 4.69) is 29.7 Å². The summed E-state index contributed by atoms with van der Waals surface area (Å²) in [5.41, 5.74) is 2.35. The molecule has 0 spiro atoms. The van der Waals surface area contributed by atoms with Crippen LogP contribution in [0.5, 0.6) is 0 Å². The molecule has 2 aliphatic rings. The lowest BCUT2D eigenvalue weighted by Gasteiger charge is -2.39. The van der Waals surface area contributed by atoms with Gasteiger partial charge in [0.15, 0.2) is 0 Å². The number of hydrogen-bond donors (Lipinski definition) is 3. The van der Waals surface area contributed by atoms with Crippen molar-refractivity contribution in [1.29, 1.82) is 0 Å². The van der Waals surface area contributed by atoms with Crippen LogP contribution in [-0.2, 0) is 17.8 Å². The Balaban J connectivity index is 1.57. The molecule has 22 heavy (non-hydrogen) atoms. The molecule has 1 aromatic carbocycles. The first kappa shape index (κ1) is 15.5. The van der Waals surface area contributed by atoms with E-state index in [0.717, 1.165) is 38.6 Å². The normalized spacial score (nSPS) is 31.4. The number of nitrogens with one attached hydrogen (secondary N) is 2. The van der Waals surface area contributed by atoms with Crippen molar-refractivity contribution in [2.24, 2.45) is 5.41 Å². The second-order valence-electron chi connectivity index (χ2n) is 7.04. The van der Waals surface area contributed by atoms with Gasteiger partial charge in [0, 0.05) is 18.5 Å². The predicted molar refractivity (Wildman–Crippen MR) is 86.4 cm³/mol. The molecule has 3 unspecified atom stereocenters. The number of aliphatic hydroxyl groups is 1. The summed E-state index contributed by atoms with van der Waals surface area (Å²) in [5.74, 6) is 0.0495. The van der Waals surface area contributed by atoms with Gasteiger partial charge < -0.3 is 15.7 Å². The van der Waals surface area contributed by atoms with Crippen LogP contribution in [0.2, 0.25) is 0 Å². The second kappa shape index (κ2) is 6.39. The minimum absolute atomic E-state index is 0.0495. The predicted octanol–water partition coefficient (Wildman–Crippen LogP) is 1.76. The third-order valence-electron chi connectivity index (χ3n) is 5.34. The number of rotatable bonds is 3. The molecule has 0 bridgehead atoms. The maximum Gasteiger partial charge on any atom is 0.237 e. The Kier molecular flexibility index (Phi) is 4.50. The van der Waals surface area contributed by atoms with Gasteiger partial charge in [0.1, 0.15) is 0 Å². The third kappa shape index (κ3) is 3.18. The average molecular weight is 302 g/mol. The molecule has 3 atom stereocenters. The van der Waals surface area contributed by atoms with E-state index in [0.29, 0.717) is 6.54 Å². The molecule has 0 radical (unpaired) electrons. The summed E-state index contributed by atoms with van der Waals surface area (Å²) < 4.78 is 0. The van der Waals surface area contributed by atoms with E-state index < -0.39 is 0 Å². The molecule has 1 heterocycles. The Bertz CT molecular complexity index is 546. The van der Waals surface area contributed by atoms with Crippen LogP contribution in [0.4, 0.5) is 0 Å². The van der Waals surface area contributed by atoms with E-state index >= 15 is 0 Å². The quantitative estimate of drug-likeness (QED) is 0.797. The van der Waals surface area contributed by atoms with Crippen molar-refractivity contribution in [2.75, 3.05) is 6.54 Å². The number of benzene rings is 1. The molecule has 1 aliphatic heterocycles. The highest BCUT2D eigenvalue weighted by atomic mass is 16.3. The highest BCUT2D eigenvalue weighted by molar-refractivity contribution is 5.82. The minimum Gasteiger partial charge on any atom is -0.392 e. The van der Waals surface area contributed by atoms with Crippen LogP contribution >= 0.6 is 0 Å². The first-order chi connectivity index (χ1) is 10.6. The number of amides is 1. The Morgan fingerprint density at radius 3 is 2.91 bits per heavy atom. The van der Waals surface area contributed by atoms with Gasteiger partial charge in [0.2, 0.25) is 5.91 Å². The molecule has 4 nitrogen and oxygen atoms in total. The molecule has 0 saturated heterocycles. The smallest absolute Gasteiger partial charge is 0.237 e. The van der Waals surface area contributed by atoms with Crippen molar-refractivity contribution < 1.29 is 9.90 Å². The van der Waals surface area contributed by atoms with Crippen LogP contribution in [0, 0.1) is 5.41 Å². The van der Waals surface area contributed by atoms with E-state index in [4.69, 9.17) is 0 Å². The first-order valence-electron chi connectivity index (χ1n) is 8.34. The Morgan fingerprint density at radius 1 is 1.36 bits per heavy atom. The Hall–Kier alpha value is -1.39. The van der Waals surface area contributed by atoms with Crippen LogP contribution in [-0.4, -0.2) is 29.7 Å². The van der Waals surface area contributed by atoms with E-state index in [1.54, 1.807) is 0 Å². The monoisotopic (exact) mass is 302 g/mol. The van der Waals surface area contributed by atoms with E-state index in [9.17, 15) is 9.90 Å². The molecule has 4 heteroatoms. The Morgan fingerprint density at radius 2 is 2.14 bits per heavy atom. The van der Waals surface area contributed by atoms with Gasteiger partial charge >= 0.3 is 0 Å². The van der Waals surface area contributed by atoms with Gasteiger partial charge in [0.05, 0.1) is 12.1 Å². The molecule has 1 saturated carbocycles. The zero-order chi connectivity index (χ0) is 15.6. The van der Waals surface area contributed by atoms with Crippen LogP contribution in [0.15, 0.2) is 24.3 Å². The number of hydrogen-bond acceptors (Lipinski definition) is 3. The number of carbonyl (C=O) groups is 1. The summed E-state index contributed by atoms with van der Waals surface area (Å²) in [6, 6.07) is 8.10. The SMILES string of the molecule is CC1(CNC(=O)C2Cc3ccccc3CN2)CCCCC1O. The van der Waals surface area contributed by atoms with Crippen molar-refractivity contribution >= 4 is 5.91 Å². The maximum atomic E-state index is 12.4. The molecule has 0 aromatic heterocycles. The van der Waals surface area contributed by atoms with Gasteiger partial charge in [-0.3, -0.25) is 4.79 Å². The van der Waals surface area contributed by atoms with Crippen molar-refractivity contribution in [2.45, 2.75) is 57.7 Å². The van der Waals surface area contributed by atoms with Crippen molar-refractivity contribution in [3.63, 3.8) is 0 Å². The van der Waals surface area contributed by atoms with Gasteiger partial charge in [-0.1, -0.05) is 44.0 Å². The van der Waals surface area contributed by atoms with Crippen LogP contribution in [0.25, 0.3) is 0 Å². The summed E-state index contributed by atoms with van der Waals surface area (Å²) in [7, 11) is 0. The average Bonchev–Trinajstić information content (AvgIpc) is 2.55. The highest BCUT2D eigenvalue weighted by Gasteiger charge is 2.36. The summed E-state index contributed by atoms with van der Waals surface area (Å²) in [6.07, 6.45) is 4.49. The third-order valence-corrected chi connectivity index (χ3v) is 5.34. The van der Waals surface area contributed by atoms with Crippen LogP contribution < -0.4 is 10.6 Å². The van der Waals surface area contributed by atoms with Gasteiger partial charge in [-0.25, -0.2) is 0 Å². The topological polar surface area (TPSA) is 61.4 Å². The number of aliphatic hydroxyl groups excluding tert-OH is 1. The van der Waals surface area contributed by atoms with Crippen molar-refractivity contribution in [3.8, 4) is 0 Å².